The Kier molecular flexibility index (Phi) is 3.15. The van der Waals surface area contributed by atoms with E-state index in [2.05, 4.69) is 30.3 Å². The molecule has 0 amide bonds. The van der Waals surface area contributed by atoms with Gasteiger partial charge >= 0.3 is 0 Å². The van der Waals surface area contributed by atoms with Crippen LogP contribution in [0.2, 0.25) is 0 Å². The van der Waals surface area contributed by atoms with E-state index < -0.39 is 0 Å². The van der Waals surface area contributed by atoms with E-state index >= 15 is 0 Å². The molecule has 6 heteroatoms. The van der Waals surface area contributed by atoms with Gasteiger partial charge in [-0.15, -0.1) is 0 Å². The van der Waals surface area contributed by atoms with Gasteiger partial charge in [0.1, 0.15) is 11.4 Å². The Bertz CT molecular complexity index is 430. The van der Waals surface area contributed by atoms with Crippen molar-refractivity contribution in [1.82, 2.24) is 14.3 Å². The summed E-state index contributed by atoms with van der Waals surface area (Å²) in [4.78, 5) is 8.36. The average molecular weight is 288 g/mol. The Balaban J connectivity index is 2.29. The molecule has 72 valence electrons. The highest BCUT2D eigenvalue weighted by Gasteiger charge is 2.07. The molecule has 0 N–H and O–H groups in total. The summed E-state index contributed by atoms with van der Waals surface area (Å²) in [6.45, 7) is 2.04. The molecule has 2 heterocycles. The van der Waals surface area contributed by atoms with Crippen LogP contribution in [-0.4, -0.2) is 14.3 Å². The molecule has 0 radical (unpaired) electrons. The molecule has 0 unspecified atom stereocenters. The van der Waals surface area contributed by atoms with Gasteiger partial charge in [-0.05, 0) is 57.8 Å². The average Bonchev–Trinajstić information content (AvgIpc) is 2.66. The second-order valence-electron chi connectivity index (χ2n) is 2.56. The highest BCUT2D eigenvalue weighted by molar-refractivity contribution is 9.10. The van der Waals surface area contributed by atoms with Crippen molar-refractivity contribution in [3.63, 3.8) is 0 Å². The first kappa shape index (κ1) is 10.1. The van der Waals surface area contributed by atoms with Crippen LogP contribution in [0.15, 0.2) is 32.4 Å². The molecule has 0 fully saturated rings. The van der Waals surface area contributed by atoms with E-state index in [0.29, 0.717) is 0 Å². The summed E-state index contributed by atoms with van der Waals surface area (Å²) >= 11 is 6.39. The van der Waals surface area contributed by atoms with Gasteiger partial charge in [0.05, 0.1) is 4.47 Å². The minimum atomic E-state index is 0.906. The molecular formula is C8H6BrN3S2. The maximum atomic E-state index is 4.27. The highest BCUT2D eigenvalue weighted by Crippen LogP contribution is 2.33. The molecule has 0 atom stereocenters. The predicted octanol–water partition coefficient (Wildman–Crippen LogP) is 3.16. The van der Waals surface area contributed by atoms with Gasteiger partial charge in [0.15, 0.2) is 4.34 Å². The predicted molar refractivity (Wildman–Crippen MR) is 60.7 cm³/mol. The van der Waals surface area contributed by atoms with Crippen LogP contribution in [0, 0.1) is 6.92 Å². The zero-order valence-electron chi connectivity index (χ0n) is 7.27. The second kappa shape index (κ2) is 4.37. The fraction of sp³-hybridized carbons (Fsp3) is 0.125. The monoisotopic (exact) mass is 287 g/mol. The maximum Gasteiger partial charge on any atom is 0.176 e. The van der Waals surface area contributed by atoms with Crippen molar-refractivity contribution < 1.29 is 0 Å². The molecule has 2 aromatic heterocycles. The van der Waals surface area contributed by atoms with E-state index in [4.69, 9.17) is 0 Å². The Morgan fingerprint density at radius 3 is 3.00 bits per heavy atom. The van der Waals surface area contributed by atoms with Crippen LogP contribution in [0.3, 0.4) is 0 Å². The van der Waals surface area contributed by atoms with Gasteiger partial charge in [-0.25, -0.2) is 9.97 Å². The zero-order valence-corrected chi connectivity index (χ0v) is 10.5. The molecule has 14 heavy (non-hydrogen) atoms. The Hall–Kier alpha value is -0.460. The van der Waals surface area contributed by atoms with Crippen LogP contribution in [0.5, 0.6) is 0 Å². The highest BCUT2D eigenvalue weighted by atomic mass is 79.9. The molecule has 2 rings (SSSR count). The molecule has 0 aromatic carbocycles. The lowest BCUT2D eigenvalue weighted by Crippen LogP contribution is -1.84. The summed E-state index contributed by atoms with van der Waals surface area (Å²) in [5, 5.41) is 0.932. The first-order chi connectivity index (χ1) is 6.77. The standard InChI is InChI=1S/C8H6BrN3S2/c1-5-2-3-10-7(6(5)9)13-8-11-4-12-14-8/h2-4H,1H3. The van der Waals surface area contributed by atoms with E-state index in [0.717, 1.165) is 13.8 Å². The van der Waals surface area contributed by atoms with Crippen molar-refractivity contribution in [2.45, 2.75) is 16.3 Å². The third kappa shape index (κ3) is 2.13. The van der Waals surface area contributed by atoms with Crippen LogP contribution in [0.25, 0.3) is 0 Å². The van der Waals surface area contributed by atoms with E-state index in [-0.39, 0.29) is 0 Å². The number of aromatic nitrogens is 3. The van der Waals surface area contributed by atoms with Crippen LogP contribution in [0.1, 0.15) is 5.56 Å². The number of hydrogen-bond acceptors (Lipinski definition) is 5. The molecule has 0 spiro atoms. The van der Waals surface area contributed by atoms with Gasteiger partial charge in [-0.3, -0.25) is 0 Å². The molecule has 0 bridgehead atoms. The van der Waals surface area contributed by atoms with Crippen molar-refractivity contribution in [3.05, 3.63) is 28.6 Å². The Morgan fingerprint density at radius 2 is 2.29 bits per heavy atom. The van der Waals surface area contributed by atoms with Crippen LogP contribution >= 0.6 is 39.2 Å². The van der Waals surface area contributed by atoms with Crippen molar-refractivity contribution in [1.29, 1.82) is 0 Å². The quantitative estimate of drug-likeness (QED) is 0.851. The largest absolute Gasteiger partial charge is 0.248 e. The normalized spacial score (nSPS) is 10.4. The van der Waals surface area contributed by atoms with Gasteiger partial charge in [-0.1, -0.05) is 0 Å². The number of hydrogen-bond donors (Lipinski definition) is 0. The minimum Gasteiger partial charge on any atom is -0.248 e. The Labute approximate surface area is 98.3 Å². The van der Waals surface area contributed by atoms with Gasteiger partial charge in [0.2, 0.25) is 0 Å². The summed E-state index contributed by atoms with van der Waals surface area (Å²) in [5.41, 5.74) is 1.17. The fourth-order valence-corrected chi connectivity index (χ4v) is 2.78. The summed E-state index contributed by atoms with van der Waals surface area (Å²) in [7, 11) is 0. The van der Waals surface area contributed by atoms with E-state index in [9.17, 15) is 0 Å². The molecule has 0 aliphatic carbocycles. The summed E-state index contributed by atoms with van der Waals surface area (Å²) in [6.07, 6.45) is 3.35. The summed E-state index contributed by atoms with van der Waals surface area (Å²) < 4.78 is 5.87. The SMILES string of the molecule is Cc1ccnc(Sc2ncns2)c1Br. The second-order valence-corrected chi connectivity index (χ2v) is 5.37. The van der Waals surface area contributed by atoms with Crippen molar-refractivity contribution in [3.8, 4) is 0 Å². The Morgan fingerprint density at radius 1 is 1.43 bits per heavy atom. The van der Waals surface area contributed by atoms with Gasteiger partial charge in [0.25, 0.3) is 0 Å². The lowest BCUT2D eigenvalue weighted by Gasteiger charge is -2.02. The van der Waals surface area contributed by atoms with Crippen LogP contribution < -0.4 is 0 Å². The number of aryl methyl sites for hydroxylation is 1. The van der Waals surface area contributed by atoms with E-state index in [1.54, 1.807) is 12.5 Å². The lowest BCUT2D eigenvalue weighted by molar-refractivity contribution is 1.08. The molecule has 3 nitrogen and oxygen atoms in total. The molecule has 0 aliphatic rings. The minimum absolute atomic E-state index is 0.906. The number of pyridine rings is 1. The summed E-state index contributed by atoms with van der Waals surface area (Å²) in [6, 6.07) is 1.97. The van der Waals surface area contributed by atoms with Crippen molar-refractivity contribution in [2.24, 2.45) is 0 Å². The number of nitrogens with zero attached hydrogens (tertiary/aromatic N) is 3. The zero-order chi connectivity index (χ0) is 9.97. The molecule has 0 aliphatic heterocycles. The smallest absolute Gasteiger partial charge is 0.176 e. The molecule has 0 saturated heterocycles. The lowest BCUT2D eigenvalue weighted by atomic mass is 10.3. The van der Waals surface area contributed by atoms with Crippen molar-refractivity contribution in [2.75, 3.05) is 0 Å². The van der Waals surface area contributed by atoms with Crippen LogP contribution in [0.4, 0.5) is 0 Å². The molecule has 2 aromatic rings. The first-order valence-electron chi connectivity index (χ1n) is 3.83. The van der Waals surface area contributed by atoms with E-state index in [1.807, 2.05) is 13.0 Å². The summed E-state index contributed by atoms with van der Waals surface area (Å²) in [5.74, 6) is 0. The number of rotatable bonds is 2. The topological polar surface area (TPSA) is 38.7 Å². The van der Waals surface area contributed by atoms with Crippen molar-refractivity contribution >= 4 is 39.2 Å². The van der Waals surface area contributed by atoms with E-state index in [1.165, 1.54) is 28.9 Å². The maximum absolute atomic E-state index is 4.27. The number of halogens is 1. The third-order valence-electron chi connectivity index (χ3n) is 1.58. The fourth-order valence-electron chi connectivity index (χ4n) is 0.877. The molecule has 0 saturated carbocycles. The van der Waals surface area contributed by atoms with Gasteiger partial charge in [0, 0.05) is 6.20 Å². The third-order valence-corrected chi connectivity index (χ3v) is 4.56. The van der Waals surface area contributed by atoms with Gasteiger partial charge in [-0.2, -0.15) is 4.37 Å². The molecular weight excluding hydrogens is 282 g/mol. The first-order valence-corrected chi connectivity index (χ1v) is 6.21. The van der Waals surface area contributed by atoms with Crippen LogP contribution in [-0.2, 0) is 0 Å². The van der Waals surface area contributed by atoms with Gasteiger partial charge < -0.3 is 0 Å².